The molecule has 4 heteroatoms. The van der Waals surface area contributed by atoms with Gasteiger partial charge in [0.25, 0.3) is 0 Å². The predicted molar refractivity (Wildman–Crippen MR) is 86.9 cm³/mol. The van der Waals surface area contributed by atoms with Gasteiger partial charge in [-0.15, -0.1) is 0 Å². The molecule has 1 aliphatic rings. The minimum atomic E-state index is 0.295. The Kier molecular flexibility index (Phi) is 5.43. The lowest BCUT2D eigenvalue weighted by Crippen LogP contribution is -2.29. The Balaban J connectivity index is 2.16. The maximum Gasteiger partial charge on any atom is 0.222 e. The molecule has 1 heterocycles. The second-order valence-electron chi connectivity index (χ2n) is 6.43. The Morgan fingerprint density at radius 2 is 1.95 bits per heavy atom. The van der Waals surface area contributed by atoms with E-state index >= 15 is 0 Å². The molecule has 0 aliphatic heterocycles. The van der Waals surface area contributed by atoms with Crippen molar-refractivity contribution in [1.82, 2.24) is 9.97 Å². The third kappa shape index (κ3) is 3.86. The molecule has 2 rings (SSSR count). The Bertz CT molecular complexity index is 475. The van der Waals surface area contributed by atoms with Crippen molar-refractivity contribution in [3.05, 3.63) is 11.4 Å². The molecule has 1 fully saturated rings. The van der Waals surface area contributed by atoms with E-state index < -0.39 is 0 Å². The average molecular weight is 291 g/mol. The summed E-state index contributed by atoms with van der Waals surface area (Å²) in [5.41, 5.74) is 1.02. The van der Waals surface area contributed by atoms with Crippen LogP contribution in [0.2, 0.25) is 0 Å². The summed E-state index contributed by atoms with van der Waals surface area (Å²) in [6.07, 6.45) is 5.74. The minimum Gasteiger partial charge on any atom is -0.474 e. The standard InChI is InChI=1S/C17H29N3O/c1-6-7-15-19-16(18-5)13(4)17(20-15)21-14-9-8-11(2)12(3)10-14/h11-12,14H,6-10H2,1-5H3,(H,18,19,20). The minimum absolute atomic E-state index is 0.295. The van der Waals surface area contributed by atoms with Gasteiger partial charge in [-0.05, 0) is 44.4 Å². The molecule has 1 aromatic rings. The van der Waals surface area contributed by atoms with Crippen molar-refractivity contribution in [3.8, 4) is 5.88 Å². The van der Waals surface area contributed by atoms with E-state index in [1.165, 1.54) is 6.42 Å². The highest BCUT2D eigenvalue weighted by molar-refractivity contribution is 5.48. The van der Waals surface area contributed by atoms with Gasteiger partial charge in [-0.3, -0.25) is 0 Å². The van der Waals surface area contributed by atoms with Crippen molar-refractivity contribution < 1.29 is 4.74 Å². The first-order valence-corrected chi connectivity index (χ1v) is 8.27. The molecule has 1 N–H and O–H groups in total. The van der Waals surface area contributed by atoms with Crippen LogP contribution in [0.25, 0.3) is 0 Å². The normalized spacial score (nSPS) is 25.7. The Hall–Kier alpha value is -1.32. The molecular formula is C17H29N3O. The summed E-state index contributed by atoms with van der Waals surface area (Å²) in [7, 11) is 1.90. The fraction of sp³-hybridized carbons (Fsp3) is 0.765. The van der Waals surface area contributed by atoms with E-state index in [0.29, 0.717) is 6.10 Å². The van der Waals surface area contributed by atoms with Crippen molar-refractivity contribution in [3.63, 3.8) is 0 Å². The largest absolute Gasteiger partial charge is 0.474 e. The van der Waals surface area contributed by atoms with Gasteiger partial charge >= 0.3 is 0 Å². The van der Waals surface area contributed by atoms with Crippen molar-refractivity contribution in [1.29, 1.82) is 0 Å². The number of hydrogen-bond acceptors (Lipinski definition) is 4. The number of rotatable bonds is 5. The molecule has 3 atom stereocenters. The zero-order chi connectivity index (χ0) is 15.4. The Labute approximate surface area is 128 Å². The Morgan fingerprint density at radius 3 is 2.57 bits per heavy atom. The van der Waals surface area contributed by atoms with Gasteiger partial charge in [-0.25, -0.2) is 4.98 Å². The Morgan fingerprint density at radius 1 is 1.19 bits per heavy atom. The number of hydrogen-bond donors (Lipinski definition) is 1. The van der Waals surface area contributed by atoms with E-state index in [4.69, 9.17) is 4.74 Å². The number of nitrogens with zero attached hydrogens (tertiary/aromatic N) is 2. The molecular weight excluding hydrogens is 262 g/mol. The second-order valence-corrected chi connectivity index (χ2v) is 6.43. The molecule has 118 valence electrons. The third-order valence-electron chi connectivity index (χ3n) is 4.69. The fourth-order valence-corrected chi connectivity index (χ4v) is 3.00. The van der Waals surface area contributed by atoms with Crippen LogP contribution in [-0.2, 0) is 6.42 Å². The number of aryl methyl sites for hydroxylation is 1. The molecule has 1 aromatic heterocycles. The zero-order valence-corrected chi connectivity index (χ0v) is 14.1. The summed E-state index contributed by atoms with van der Waals surface area (Å²) in [4.78, 5) is 9.19. The van der Waals surface area contributed by atoms with Crippen LogP contribution in [-0.4, -0.2) is 23.1 Å². The van der Waals surface area contributed by atoms with Crippen molar-refractivity contribution in [2.45, 2.75) is 65.9 Å². The van der Waals surface area contributed by atoms with E-state index in [1.807, 2.05) is 14.0 Å². The second kappa shape index (κ2) is 7.10. The average Bonchev–Trinajstić information content (AvgIpc) is 2.46. The van der Waals surface area contributed by atoms with Gasteiger partial charge in [0.1, 0.15) is 17.7 Å². The lowest BCUT2D eigenvalue weighted by Gasteiger charge is -2.32. The first-order valence-electron chi connectivity index (χ1n) is 8.27. The van der Waals surface area contributed by atoms with Crippen LogP contribution in [0.3, 0.4) is 0 Å². The molecule has 4 nitrogen and oxygen atoms in total. The zero-order valence-electron chi connectivity index (χ0n) is 14.1. The summed E-state index contributed by atoms with van der Waals surface area (Å²) in [5.74, 6) is 4.06. The number of ether oxygens (including phenoxy) is 1. The van der Waals surface area contributed by atoms with Crippen LogP contribution >= 0.6 is 0 Å². The van der Waals surface area contributed by atoms with E-state index in [2.05, 4.69) is 36.1 Å². The van der Waals surface area contributed by atoms with Crippen LogP contribution in [0.1, 0.15) is 57.8 Å². The van der Waals surface area contributed by atoms with E-state index in [9.17, 15) is 0 Å². The highest BCUT2D eigenvalue weighted by Gasteiger charge is 2.27. The van der Waals surface area contributed by atoms with E-state index in [0.717, 1.165) is 60.6 Å². The summed E-state index contributed by atoms with van der Waals surface area (Å²) in [6, 6.07) is 0. The maximum atomic E-state index is 6.24. The van der Waals surface area contributed by atoms with Crippen molar-refractivity contribution in [2.75, 3.05) is 12.4 Å². The van der Waals surface area contributed by atoms with Crippen LogP contribution in [0.5, 0.6) is 5.88 Å². The predicted octanol–water partition coefficient (Wildman–Crippen LogP) is 3.98. The summed E-state index contributed by atoms with van der Waals surface area (Å²) >= 11 is 0. The molecule has 1 aliphatic carbocycles. The first-order chi connectivity index (χ1) is 10.0. The third-order valence-corrected chi connectivity index (χ3v) is 4.69. The quantitative estimate of drug-likeness (QED) is 0.891. The number of nitrogens with one attached hydrogen (secondary N) is 1. The van der Waals surface area contributed by atoms with Crippen molar-refractivity contribution >= 4 is 5.82 Å². The smallest absolute Gasteiger partial charge is 0.222 e. The highest BCUT2D eigenvalue weighted by Crippen LogP contribution is 2.33. The summed E-state index contributed by atoms with van der Waals surface area (Å²) < 4.78 is 6.24. The topological polar surface area (TPSA) is 47.0 Å². The molecule has 0 aromatic carbocycles. The number of anilines is 1. The summed E-state index contributed by atoms with van der Waals surface area (Å²) in [5, 5.41) is 3.16. The van der Waals surface area contributed by atoms with Gasteiger partial charge in [-0.1, -0.05) is 20.8 Å². The molecule has 0 spiro atoms. The van der Waals surface area contributed by atoms with Gasteiger partial charge in [-0.2, -0.15) is 4.98 Å². The molecule has 21 heavy (non-hydrogen) atoms. The van der Waals surface area contributed by atoms with Gasteiger partial charge in [0.2, 0.25) is 5.88 Å². The summed E-state index contributed by atoms with van der Waals surface area (Å²) in [6.45, 7) is 8.85. The van der Waals surface area contributed by atoms with Gasteiger partial charge < -0.3 is 10.1 Å². The molecule has 0 bridgehead atoms. The lowest BCUT2D eigenvalue weighted by atomic mass is 9.80. The maximum absolute atomic E-state index is 6.24. The first kappa shape index (κ1) is 16.1. The van der Waals surface area contributed by atoms with Crippen LogP contribution in [0.4, 0.5) is 5.82 Å². The van der Waals surface area contributed by atoms with Gasteiger partial charge in [0.15, 0.2) is 0 Å². The SMILES string of the molecule is CCCc1nc(NC)c(C)c(OC2CCC(C)C(C)C2)n1. The van der Waals surface area contributed by atoms with E-state index in [-0.39, 0.29) is 0 Å². The van der Waals surface area contributed by atoms with Crippen LogP contribution < -0.4 is 10.1 Å². The lowest BCUT2D eigenvalue weighted by molar-refractivity contribution is 0.0954. The highest BCUT2D eigenvalue weighted by atomic mass is 16.5. The molecule has 3 unspecified atom stereocenters. The number of aromatic nitrogens is 2. The van der Waals surface area contributed by atoms with Gasteiger partial charge in [0, 0.05) is 13.5 Å². The van der Waals surface area contributed by atoms with Crippen molar-refractivity contribution in [2.24, 2.45) is 11.8 Å². The van der Waals surface area contributed by atoms with E-state index in [1.54, 1.807) is 0 Å². The van der Waals surface area contributed by atoms with Gasteiger partial charge in [0.05, 0.1) is 5.56 Å². The molecule has 0 radical (unpaired) electrons. The molecule has 1 saturated carbocycles. The fourth-order valence-electron chi connectivity index (χ4n) is 3.00. The van der Waals surface area contributed by atoms with Crippen LogP contribution in [0.15, 0.2) is 0 Å². The molecule has 0 amide bonds. The van der Waals surface area contributed by atoms with Crippen LogP contribution in [0, 0.1) is 18.8 Å². The monoisotopic (exact) mass is 291 g/mol. The molecule has 0 saturated heterocycles.